The molecule has 0 fully saturated rings. The van der Waals surface area contributed by atoms with Crippen molar-refractivity contribution in [2.45, 2.75) is 13.8 Å². The second-order valence-electron chi connectivity index (χ2n) is 3.97. The summed E-state index contributed by atoms with van der Waals surface area (Å²) >= 11 is 0. The number of aromatic nitrogens is 1. The number of carbonyl (C=O) groups excluding carboxylic acids is 1. The molecule has 1 aromatic heterocycles. The van der Waals surface area contributed by atoms with Crippen LogP contribution in [0.15, 0.2) is 23.1 Å². The molecule has 0 aliphatic heterocycles. The number of amides is 1. The highest BCUT2D eigenvalue weighted by atomic mass is 16.2. The molecular formula is C11H16N2O2. The maximum Gasteiger partial charge on any atom is 0.251 e. The molecule has 1 rings (SSSR count). The minimum absolute atomic E-state index is 0.174. The minimum Gasteiger partial charge on any atom is -0.352 e. The maximum atomic E-state index is 11.6. The first-order valence-electron chi connectivity index (χ1n) is 4.95. The number of hydrogen-bond donors (Lipinski definition) is 1. The van der Waals surface area contributed by atoms with Gasteiger partial charge in [-0.2, -0.15) is 0 Å². The van der Waals surface area contributed by atoms with E-state index in [1.54, 1.807) is 19.3 Å². The van der Waals surface area contributed by atoms with Crippen molar-refractivity contribution >= 4 is 5.91 Å². The topological polar surface area (TPSA) is 51.1 Å². The van der Waals surface area contributed by atoms with Crippen molar-refractivity contribution in [3.05, 3.63) is 34.2 Å². The van der Waals surface area contributed by atoms with Gasteiger partial charge in [-0.1, -0.05) is 13.8 Å². The van der Waals surface area contributed by atoms with Gasteiger partial charge in [0.25, 0.3) is 11.5 Å². The van der Waals surface area contributed by atoms with Gasteiger partial charge in [0.15, 0.2) is 0 Å². The second kappa shape index (κ2) is 4.77. The van der Waals surface area contributed by atoms with Crippen LogP contribution in [0.3, 0.4) is 0 Å². The Bertz CT molecular complexity index is 407. The Labute approximate surface area is 88.9 Å². The molecule has 0 aliphatic carbocycles. The van der Waals surface area contributed by atoms with Gasteiger partial charge in [0.1, 0.15) is 0 Å². The van der Waals surface area contributed by atoms with Crippen LogP contribution in [0, 0.1) is 5.92 Å². The quantitative estimate of drug-likeness (QED) is 0.797. The van der Waals surface area contributed by atoms with E-state index in [-0.39, 0.29) is 11.5 Å². The normalized spacial score (nSPS) is 10.4. The Kier molecular flexibility index (Phi) is 3.66. The molecule has 0 spiro atoms. The molecule has 0 aliphatic rings. The third-order valence-corrected chi connectivity index (χ3v) is 2.04. The number of aryl methyl sites for hydroxylation is 1. The fraction of sp³-hybridized carbons (Fsp3) is 0.455. The Morgan fingerprint density at radius 1 is 1.53 bits per heavy atom. The Hall–Kier alpha value is -1.58. The first kappa shape index (κ1) is 11.5. The standard InChI is InChI=1S/C11H16N2O2/c1-8(2)7-12-11(15)9-4-5-13(3)10(14)6-9/h4-6,8H,7H2,1-3H3,(H,12,15). The maximum absolute atomic E-state index is 11.6. The Morgan fingerprint density at radius 2 is 2.20 bits per heavy atom. The zero-order valence-corrected chi connectivity index (χ0v) is 9.28. The lowest BCUT2D eigenvalue weighted by molar-refractivity contribution is 0.0948. The summed E-state index contributed by atoms with van der Waals surface area (Å²) in [5.74, 6) is 0.210. The van der Waals surface area contributed by atoms with Crippen LogP contribution in [0.1, 0.15) is 24.2 Å². The fourth-order valence-electron chi connectivity index (χ4n) is 1.09. The summed E-state index contributed by atoms with van der Waals surface area (Å²) in [5.41, 5.74) is 0.242. The van der Waals surface area contributed by atoms with Crippen molar-refractivity contribution in [1.29, 1.82) is 0 Å². The summed E-state index contributed by atoms with van der Waals surface area (Å²) in [6.45, 7) is 4.66. The van der Waals surface area contributed by atoms with Crippen LogP contribution < -0.4 is 10.9 Å². The predicted molar refractivity (Wildman–Crippen MR) is 58.9 cm³/mol. The lowest BCUT2D eigenvalue weighted by Crippen LogP contribution is -2.29. The molecule has 4 heteroatoms. The third kappa shape index (κ3) is 3.23. The zero-order valence-electron chi connectivity index (χ0n) is 9.28. The summed E-state index contributed by atoms with van der Waals surface area (Å²) in [6.07, 6.45) is 1.59. The van der Waals surface area contributed by atoms with Gasteiger partial charge in [-0.15, -0.1) is 0 Å². The van der Waals surface area contributed by atoms with E-state index in [4.69, 9.17) is 0 Å². The average molecular weight is 208 g/mol. The van der Waals surface area contributed by atoms with Crippen LogP contribution >= 0.6 is 0 Å². The van der Waals surface area contributed by atoms with E-state index in [2.05, 4.69) is 5.32 Å². The molecule has 1 aromatic rings. The van der Waals surface area contributed by atoms with Crippen LogP contribution in [0.2, 0.25) is 0 Å². The summed E-state index contributed by atoms with van der Waals surface area (Å²) in [4.78, 5) is 22.8. The lowest BCUT2D eigenvalue weighted by atomic mass is 10.2. The van der Waals surface area contributed by atoms with E-state index in [1.165, 1.54) is 10.6 Å². The highest BCUT2D eigenvalue weighted by Crippen LogP contribution is 1.95. The highest BCUT2D eigenvalue weighted by Gasteiger charge is 2.06. The summed E-state index contributed by atoms with van der Waals surface area (Å²) in [6, 6.07) is 2.98. The van der Waals surface area contributed by atoms with Crippen LogP contribution in [0.5, 0.6) is 0 Å². The second-order valence-corrected chi connectivity index (χ2v) is 3.97. The molecule has 15 heavy (non-hydrogen) atoms. The van der Waals surface area contributed by atoms with Crippen molar-refractivity contribution in [2.24, 2.45) is 13.0 Å². The smallest absolute Gasteiger partial charge is 0.251 e. The van der Waals surface area contributed by atoms with E-state index in [0.29, 0.717) is 18.0 Å². The van der Waals surface area contributed by atoms with Gasteiger partial charge < -0.3 is 9.88 Å². The summed E-state index contributed by atoms with van der Waals surface area (Å²) < 4.78 is 1.43. The zero-order chi connectivity index (χ0) is 11.4. The Morgan fingerprint density at radius 3 is 2.73 bits per heavy atom. The molecular weight excluding hydrogens is 192 g/mol. The van der Waals surface area contributed by atoms with Gasteiger partial charge in [-0.05, 0) is 12.0 Å². The largest absolute Gasteiger partial charge is 0.352 e. The molecule has 0 radical (unpaired) electrons. The molecule has 4 nitrogen and oxygen atoms in total. The highest BCUT2D eigenvalue weighted by molar-refractivity contribution is 5.93. The first-order chi connectivity index (χ1) is 7.00. The summed E-state index contributed by atoms with van der Waals surface area (Å²) in [7, 11) is 1.65. The number of nitrogens with one attached hydrogen (secondary N) is 1. The van der Waals surface area contributed by atoms with E-state index in [9.17, 15) is 9.59 Å². The van der Waals surface area contributed by atoms with Gasteiger partial charge in [0.05, 0.1) is 0 Å². The van der Waals surface area contributed by atoms with E-state index >= 15 is 0 Å². The van der Waals surface area contributed by atoms with E-state index in [0.717, 1.165) is 0 Å². The van der Waals surface area contributed by atoms with Crippen LogP contribution in [0.25, 0.3) is 0 Å². The number of rotatable bonds is 3. The molecule has 0 aromatic carbocycles. The van der Waals surface area contributed by atoms with Crippen molar-refractivity contribution in [1.82, 2.24) is 9.88 Å². The van der Waals surface area contributed by atoms with Gasteiger partial charge >= 0.3 is 0 Å². The molecule has 0 bridgehead atoms. The molecule has 0 unspecified atom stereocenters. The molecule has 0 atom stereocenters. The number of carbonyl (C=O) groups is 1. The lowest BCUT2D eigenvalue weighted by Gasteiger charge is -2.07. The summed E-state index contributed by atoms with van der Waals surface area (Å²) in [5, 5.41) is 2.76. The van der Waals surface area contributed by atoms with Crippen LogP contribution in [-0.2, 0) is 7.05 Å². The van der Waals surface area contributed by atoms with Gasteiger partial charge in [0, 0.05) is 31.4 Å². The minimum atomic E-state index is -0.193. The molecule has 1 N–H and O–H groups in total. The van der Waals surface area contributed by atoms with Crippen molar-refractivity contribution in [3.63, 3.8) is 0 Å². The van der Waals surface area contributed by atoms with Gasteiger partial charge in [-0.3, -0.25) is 9.59 Å². The predicted octanol–water partition coefficient (Wildman–Crippen LogP) is 0.771. The fourth-order valence-corrected chi connectivity index (χ4v) is 1.09. The monoisotopic (exact) mass is 208 g/mol. The number of nitrogens with zero attached hydrogens (tertiary/aromatic N) is 1. The van der Waals surface area contributed by atoms with Crippen molar-refractivity contribution in [2.75, 3.05) is 6.54 Å². The molecule has 0 saturated carbocycles. The average Bonchev–Trinajstić information content (AvgIpc) is 2.18. The first-order valence-corrected chi connectivity index (χ1v) is 4.95. The molecule has 82 valence electrons. The van der Waals surface area contributed by atoms with Crippen molar-refractivity contribution in [3.8, 4) is 0 Å². The molecule has 0 saturated heterocycles. The van der Waals surface area contributed by atoms with E-state index in [1.807, 2.05) is 13.8 Å². The molecule has 1 amide bonds. The third-order valence-electron chi connectivity index (χ3n) is 2.04. The van der Waals surface area contributed by atoms with Crippen molar-refractivity contribution < 1.29 is 4.79 Å². The molecule has 1 heterocycles. The van der Waals surface area contributed by atoms with E-state index < -0.39 is 0 Å². The number of hydrogen-bond acceptors (Lipinski definition) is 2. The Balaban J connectivity index is 2.75. The van der Waals surface area contributed by atoms with Crippen LogP contribution in [-0.4, -0.2) is 17.0 Å². The van der Waals surface area contributed by atoms with Gasteiger partial charge in [0.2, 0.25) is 0 Å². The number of pyridine rings is 1. The van der Waals surface area contributed by atoms with Crippen LogP contribution in [0.4, 0.5) is 0 Å². The SMILES string of the molecule is CC(C)CNC(=O)c1ccn(C)c(=O)c1. The van der Waals surface area contributed by atoms with Gasteiger partial charge in [-0.25, -0.2) is 0 Å².